The van der Waals surface area contributed by atoms with E-state index in [-0.39, 0.29) is 0 Å². The Kier molecular flexibility index (Phi) is 3.04. The molecule has 2 atom stereocenters. The first-order chi connectivity index (χ1) is 9.13. The van der Waals surface area contributed by atoms with Crippen molar-refractivity contribution in [3.63, 3.8) is 0 Å². The molecule has 0 saturated heterocycles. The molecule has 102 valence electrons. The Bertz CT molecular complexity index is 502. The Labute approximate surface area is 115 Å². The molecule has 2 aliphatic rings. The van der Waals surface area contributed by atoms with E-state index in [1.54, 1.807) is 7.11 Å². The minimum absolute atomic E-state index is 0.297. The molecule has 0 N–H and O–H groups in total. The number of hydrogen-bond donors (Lipinski definition) is 0. The van der Waals surface area contributed by atoms with Crippen molar-refractivity contribution in [2.45, 2.75) is 33.1 Å². The molecule has 0 spiro atoms. The zero-order valence-corrected chi connectivity index (χ0v) is 12.0. The zero-order chi connectivity index (χ0) is 13.5. The molecule has 0 aliphatic heterocycles. The van der Waals surface area contributed by atoms with Crippen LogP contribution >= 0.6 is 0 Å². The van der Waals surface area contributed by atoms with Crippen molar-refractivity contribution in [3.8, 4) is 11.5 Å². The molecular weight excluding hydrogens is 236 g/mol. The number of methoxy groups -OCH3 is 1. The van der Waals surface area contributed by atoms with E-state index in [0.29, 0.717) is 5.41 Å². The highest BCUT2D eigenvalue weighted by Gasteiger charge is 2.49. The Morgan fingerprint density at radius 3 is 2.53 bits per heavy atom. The van der Waals surface area contributed by atoms with Crippen LogP contribution in [0.15, 0.2) is 36.1 Å². The second-order valence-electron chi connectivity index (χ2n) is 6.27. The van der Waals surface area contributed by atoms with Gasteiger partial charge in [0.2, 0.25) is 0 Å². The molecule has 1 aromatic rings. The van der Waals surface area contributed by atoms with Crippen LogP contribution in [0.1, 0.15) is 33.1 Å². The minimum atomic E-state index is 0.297. The lowest BCUT2D eigenvalue weighted by Gasteiger charge is -2.32. The fourth-order valence-corrected chi connectivity index (χ4v) is 3.77. The van der Waals surface area contributed by atoms with Crippen LogP contribution in [0.4, 0.5) is 0 Å². The van der Waals surface area contributed by atoms with Crippen LogP contribution in [0.3, 0.4) is 0 Å². The highest BCUT2D eigenvalue weighted by Crippen LogP contribution is 2.58. The van der Waals surface area contributed by atoms with E-state index in [1.807, 2.05) is 30.5 Å². The average molecular weight is 258 g/mol. The van der Waals surface area contributed by atoms with Crippen molar-refractivity contribution in [2.24, 2.45) is 17.3 Å². The lowest BCUT2D eigenvalue weighted by atomic mass is 9.73. The first-order valence-corrected chi connectivity index (χ1v) is 7.13. The number of ether oxygens (including phenoxy) is 2. The Morgan fingerprint density at radius 2 is 1.89 bits per heavy atom. The normalized spacial score (nSPS) is 29.7. The van der Waals surface area contributed by atoms with Gasteiger partial charge in [0, 0.05) is 0 Å². The van der Waals surface area contributed by atoms with E-state index in [1.165, 1.54) is 24.8 Å². The summed E-state index contributed by atoms with van der Waals surface area (Å²) in [4.78, 5) is 0. The number of fused-ring (bicyclic) bond motifs is 2. The smallest absolute Gasteiger partial charge is 0.168 e. The van der Waals surface area contributed by atoms with Gasteiger partial charge < -0.3 is 9.47 Å². The van der Waals surface area contributed by atoms with Gasteiger partial charge in [-0.1, -0.05) is 26.0 Å². The maximum Gasteiger partial charge on any atom is 0.168 e. The molecule has 0 amide bonds. The number of allylic oxidation sites excluding steroid dienone is 1. The monoisotopic (exact) mass is 258 g/mol. The van der Waals surface area contributed by atoms with Crippen LogP contribution in [0.2, 0.25) is 0 Å². The summed E-state index contributed by atoms with van der Waals surface area (Å²) in [5, 5.41) is 0. The third-order valence-corrected chi connectivity index (χ3v) is 5.02. The number of hydrogen-bond acceptors (Lipinski definition) is 2. The quantitative estimate of drug-likeness (QED) is 0.747. The third-order valence-electron chi connectivity index (χ3n) is 5.02. The number of rotatable bonds is 3. The van der Waals surface area contributed by atoms with Crippen LogP contribution in [0.5, 0.6) is 11.5 Å². The van der Waals surface area contributed by atoms with Crippen molar-refractivity contribution >= 4 is 0 Å². The predicted octanol–water partition coefficient (Wildman–Crippen LogP) is 4.41. The van der Waals surface area contributed by atoms with Gasteiger partial charge in [-0.3, -0.25) is 0 Å². The van der Waals surface area contributed by atoms with E-state index in [4.69, 9.17) is 9.47 Å². The van der Waals surface area contributed by atoms with Crippen LogP contribution in [0, 0.1) is 17.3 Å². The molecule has 2 aliphatic carbocycles. The Morgan fingerprint density at radius 1 is 1.16 bits per heavy atom. The Balaban J connectivity index is 1.83. The second kappa shape index (κ2) is 4.59. The van der Waals surface area contributed by atoms with Crippen LogP contribution in [-0.4, -0.2) is 7.11 Å². The maximum absolute atomic E-state index is 5.91. The molecule has 2 heteroatoms. The fourth-order valence-electron chi connectivity index (χ4n) is 3.77. The van der Waals surface area contributed by atoms with Gasteiger partial charge in [-0.2, -0.15) is 0 Å². The van der Waals surface area contributed by atoms with Gasteiger partial charge in [-0.15, -0.1) is 0 Å². The average Bonchev–Trinajstić information content (AvgIpc) is 2.96. The molecule has 2 saturated carbocycles. The topological polar surface area (TPSA) is 18.5 Å². The summed E-state index contributed by atoms with van der Waals surface area (Å²) >= 11 is 0. The molecule has 3 rings (SSSR count). The minimum Gasteiger partial charge on any atom is -0.493 e. The highest BCUT2D eigenvalue weighted by molar-refractivity contribution is 5.40. The maximum atomic E-state index is 5.91. The summed E-state index contributed by atoms with van der Waals surface area (Å²) in [5.41, 5.74) is 1.78. The molecule has 19 heavy (non-hydrogen) atoms. The van der Waals surface area contributed by atoms with Crippen LogP contribution in [0.25, 0.3) is 0 Å². The summed E-state index contributed by atoms with van der Waals surface area (Å²) < 4.78 is 11.2. The molecule has 2 unspecified atom stereocenters. The summed E-state index contributed by atoms with van der Waals surface area (Å²) in [7, 11) is 1.68. The van der Waals surface area contributed by atoms with Crippen molar-refractivity contribution < 1.29 is 9.47 Å². The van der Waals surface area contributed by atoms with E-state index < -0.39 is 0 Å². The Hall–Kier alpha value is -1.44. The van der Waals surface area contributed by atoms with Gasteiger partial charge in [-0.25, -0.2) is 0 Å². The SMILES string of the molecule is COc1ccccc1OC=C1C2CCC(C2)C1(C)C. The van der Waals surface area contributed by atoms with Gasteiger partial charge in [0.1, 0.15) is 0 Å². The fraction of sp³-hybridized carbons (Fsp3) is 0.529. The summed E-state index contributed by atoms with van der Waals surface area (Å²) in [5.74, 6) is 3.16. The van der Waals surface area contributed by atoms with Crippen molar-refractivity contribution in [3.05, 3.63) is 36.1 Å². The molecule has 2 fully saturated rings. The highest BCUT2D eigenvalue weighted by atomic mass is 16.5. The van der Waals surface area contributed by atoms with Gasteiger partial charge >= 0.3 is 0 Å². The number of benzene rings is 1. The third kappa shape index (κ3) is 2.03. The van der Waals surface area contributed by atoms with Crippen molar-refractivity contribution in [2.75, 3.05) is 7.11 Å². The molecule has 0 radical (unpaired) electrons. The first kappa shape index (κ1) is 12.6. The van der Waals surface area contributed by atoms with Crippen molar-refractivity contribution in [1.82, 2.24) is 0 Å². The van der Waals surface area contributed by atoms with E-state index in [9.17, 15) is 0 Å². The predicted molar refractivity (Wildman–Crippen MR) is 76.3 cm³/mol. The zero-order valence-electron chi connectivity index (χ0n) is 12.0. The molecule has 0 heterocycles. The van der Waals surface area contributed by atoms with Gasteiger partial charge in [-0.05, 0) is 54.2 Å². The van der Waals surface area contributed by atoms with E-state index >= 15 is 0 Å². The summed E-state index contributed by atoms with van der Waals surface area (Å²) in [6.45, 7) is 4.71. The molecule has 1 aromatic carbocycles. The summed E-state index contributed by atoms with van der Waals surface area (Å²) in [6, 6.07) is 7.82. The molecular formula is C17H22O2. The standard InChI is InChI=1S/C17H22O2/c1-17(2)13-9-8-12(10-13)14(17)11-19-16-7-5-4-6-15(16)18-3/h4-7,11-13H,8-10H2,1-3H3. The summed E-state index contributed by atoms with van der Waals surface area (Å²) in [6.07, 6.45) is 6.04. The van der Waals surface area contributed by atoms with E-state index in [2.05, 4.69) is 13.8 Å². The van der Waals surface area contributed by atoms with Gasteiger partial charge in [0.05, 0.1) is 13.4 Å². The van der Waals surface area contributed by atoms with Gasteiger partial charge in [0.25, 0.3) is 0 Å². The molecule has 0 aromatic heterocycles. The van der Waals surface area contributed by atoms with Crippen LogP contribution < -0.4 is 9.47 Å². The first-order valence-electron chi connectivity index (χ1n) is 7.13. The molecule has 2 nitrogen and oxygen atoms in total. The van der Waals surface area contributed by atoms with E-state index in [0.717, 1.165) is 23.3 Å². The second-order valence-corrected chi connectivity index (χ2v) is 6.27. The van der Waals surface area contributed by atoms with Crippen LogP contribution in [-0.2, 0) is 0 Å². The van der Waals surface area contributed by atoms with Gasteiger partial charge in [0.15, 0.2) is 11.5 Å². The lowest BCUT2D eigenvalue weighted by Crippen LogP contribution is -2.23. The molecule has 2 bridgehead atoms. The number of para-hydroxylation sites is 2. The lowest BCUT2D eigenvalue weighted by molar-refractivity contribution is 0.277. The largest absolute Gasteiger partial charge is 0.493 e. The van der Waals surface area contributed by atoms with Crippen molar-refractivity contribution in [1.29, 1.82) is 0 Å².